The first-order valence-electron chi connectivity index (χ1n) is 9.75. The van der Waals surface area contributed by atoms with Gasteiger partial charge in [0.15, 0.2) is 0 Å². The number of hydrogen-bond acceptors (Lipinski definition) is 4. The SMILES string of the molecule is CCOC(=O)N1CCN(C(=O)c2cc3c4c(c2)CCC(=O)N4CCC3)CC1. The second kappa shape index (κ2) is 7.21. The third kappa shape index (κ3) is 3.26. The standard InChI is InChI=1S/C20H25N3O4/c1-2-27-20(26)22-10-8-21(9-11-22)19(25)16-12-14-4-3-7-23-17(24)6-5-15(13-16)18(14)23/h12-13H,2-11H2,1H3. The maximum absolute atomic E-state index is 13.0. The lowest BCUT2D eigenvalue weighted by molar-refractivity contribution is -0.119. The number of nitrogens with zero attached hydrogens (tertiary/aromatic N) is 3. The van der Waals surface area contributed by atoms with Gasteiger partial charge in [0.2, 0.25) is 5.91 Å². The van der Waals surface area contributed by atoms with E-state index in [1.165, 1.54) is 0 Å². The van der Waals surface area contributed by atoms with Gasteiger partial charge >= 0.3 is 6.09 Å². The summed E-state index contributed by atoms with van der Waals surface area (Å²) in [5, 5.41) is 0. The van der Waals surface area contributed by atoms with Crippen molar-refractivity contribution in [3.05, 3.63) is 28.8 Å². The summed E-state index contributed by atoms with van der Waals surface area (Å²) >= 11 is 0. The molecule has 3 aliphatic heterocycles. The Hall–Kier alpha value is -2.57. The lowest BCUT2D eigenvalue weighted by atomic mass is 9.89. The molecule has 1 aromatic carbocycles. The average molecular weight is 371 g/mol. The molecular weight excluding hydrogens is 346 g/mol. The summed E-state index contributed by atoms with van der Waals surface area (Å²) in [5.41, 5.74) is 3.96. The van der Waals surface area contributed by atoms with E-state index < -0.39 is 0 Å². The summed E-state index contributed by atoms with van der Waals surface area (Å²) < 4.78 is 5.03. The van der Waals surface area contributed by atoms with E-state index in [4.69, 9.17) is 4.74 Å². The Morgan fingerprint density at radius 1 is 0.963 bits per heavy atom. The number of benzene rings is 1. The van der Waals surface area contributed by atoms with E-state index in [1.807, 2.05) is 17.0 Å². The fourth-order valence-corrected chi connectivity index (χ4v) is 4.27. The Balaban J connectivity index is 1.51. The van der Waals surface area contributed by atoms with Crippen LogP contribution in [0.1, 0.15) is 41.3 Å². The zero-order valence-electron chi connectivity index (χ0n) is 15.7. The van der Waals surface area contributed by atoms with Crippen molar-refractivity contribution in [2.75, 3.05) is 44.2 Å². The number of rotatable bonds is 2. The van der Waals surface area contributed by atoms with Crippen molar-refractivity contribution in [1.29, 1.82) is 0 Å². The number of carbonyl (C=O) groups excluding carboxylic acids is 3. The first-order valence-corrected chi connectivity index (χ1v) is 9.75. The van der Waals surface area contributed by atoms with Gasteiger partial charge in [-0.3, -0.25) is 9.59 Å². The summed E-state index contributed by atoms with van der Waals surface area (Å²) in [5.74, 6) is 0.198. The van der Waals surface area contributed by atoms with Crippen molar-refractivity contribution < 1.29 is 19.1 Å². The summed E-state index contributed by atoms with van der Waals surface area (Å²) in [6.07, 6.45) is 2.75. The van der Waals surface area contributed by atoms with Gasteiger partial charge < -0.3 is 19.4 Å². The molecule has 0 aliphatic carbocycles. The van der Waals surface area contributed by atoms with Crippen molar-refractivity contribution in [1.82, 2.24) is 9.80 Å². The van der Waals surface area contributed by atoms with Crippen molar-refractivity contribution >= 4 is 23.6 Å². The number of aryl methyl sites for hydroxylation is 2. The van der Waals surface area contributed by atoms with E-state index in [1.54, 1.807) is 16.7 Å². The van der Waals surface area contributed by atoms with Gasteiger partial charge in [-0.25, -0.2) is 4.79 Å². The minimum absolute atomic E-state index is 0.00609. The smallest absolute Gasteiger partial charge is 0.409 e. The minimum atomic E-state index is -0.312. The van der Waals surface area contributed by atoms with Gasteiger partial charge in [-0.2, -0.15) is 0 Å². The first-order chi connectivity index (χ1) is 13.1. The van der Waals surface area contributed by atoms with Gasteiger partial charge in [-0.15, -0.1) is 0 Å². The van der Waals surface area contributed by atoms with Gasteiger partial charge in [0, 0.05) is 44.7 Å². The molecule has 7 nitrogen and oxygen atoms in total. The molecule has 1 aromatic rings. The summed E-state index contributed by atoms with van der Waals surface area (Å²) in [7, 11) is 0. The van der Waals surface area contributed by atoms with E-state index >= 15 is 0 Å². The van der Waals surface area contributed by atoms with Crippen LogP contribution >= 0.6 is 0 Å². The molecule has 0 saturated carbocycles. The van der Waals surface area contributed by atoms with Gasteiger partial charge in [-0.05, 0) is 49.4 Å². The molecule has 7 heteroatoms. The molecule has 0 radical (unpaired) electrons. The predicted molar refractivity (Wildman–Crippen MR) is 99.9 cm³/mol. The second-order valence-electron chi connectivity index (χ2n) is 7.27. The van der Waals surface area contributed by atoms with Crippen LogP contribution in [0.3, 0.4) is 0 Å². The predicted octanol–water partition coefficient (Wildman–Crippen LogP) is 1.83. The highest BCUT2D eigenvalue weighted by atomic mass is 16.6. The largest absolute Gasteiger partial charge is 0.450 e. The molecular formula is C20H25N3O4. The summed E-state index contributed by atoms with van der Waals surface area (Å²) in [4.78, 5) is 42.4. The summed E-state index contributed by atoms with van der Waals surface area (Å²) in [6, 6.07) is 3.92. The quantitative estimate of drug-likeness (QED) is 0.795. The highest BCUT2D eigenvalue weighted by molar-refractivity contribution is 6.00. The van der Waals surface area contributed by atoms with Gasteiger partial charge in [0.05, 0.1) is 12.3 Å². The molecule has 0 atom stereocenters. The van der Waals surface area contributed by atoms with E-state index in [0.717, 1.165) is 36.2 Å². The Bertz CT molecular complexity index is 766. The molecule has 27 heavy (non-hydrogen) atoms. The number of amides is 3. The number of carbonyl (C=O) groups is 3. The average Bonchev–Trinajstić information content (AvgIpc) is 2.70. The normalized spacial score (nSPS) is 19.0. The van der Waals surface area contributed by atoms with Crippen LogP contribution in [0.15, 0.2) is 12.1 Å². The molecule has 1 saturated heterocycles. The fraction of sp³-hybridized carbons (Fsp3) is 0.550. The van der Waals surface area contributed by atoms with Gasteiger partial charge in [0.25, 0.3) is 5.91 Å². The maximum atomic E-state index is 13.0. The number of ether oxygens (including phenoxy) is 1. The maximum Gasteiger partial charge on any atom is 0.409 e. The fourth-order valence-electron chi connectivity index (χ4n) is 4.27. The molecule has 0 N–H and O–H groups in total. The zero-order chi connectivity index (χ0) is 19.0. The molecule has 1 fully saturated rings. The molecule has 0 spiro atoms. The van der Waals surface area contributed by atoms with E-state index in [2.05, 4.69) is 0 Å². The van der Waals surface area contributed by atoms with Gasteiger partial charge in [-0.1, -0.05) is 0 Å². The minimum Gasteiger partial charge on any atom is -0.450 e. The molecule has 4 rings (SSSR count). The highest BCUT2D eigenvalue weighted by Crippen LogP contribution is 2.36. The van der Waals surface area contributed by atoms with Crippen LogP contribution < -0.4 is 4.90 Å². The van der Waals surface area contributed by atoms with Crippen LogP contribution in [0.4, 0.5) is 10.5 Å². The van der Waals surface area contributed by atoms with Crippen LogP contribution in [0.25, 0.3) is 0 Å². The lowest BCUT2D eigenvalue weighted by Crippen LogP contribution is -2.50. The van der Waals surface area contributed by atoms with Crippen LogP contribution in [-0.2, 0) is 22.4 Å². The first kappa shape index (κ1) is 17.8. The van der Waals surface area contributed by atoms with E-state index in [-0.39, 0.29) is 17.9 Å². The number of hydrogen-bond donors (Lipinski definition) is 0. The van der Waals surface area contributed by atoms with E-state index in [0.29, 0.717) is 51.2 Å². The Labute approximate surface area is 158 Å². The Kier molecular flexibility index (Phi) is 4.76. The third-order valence-electron chi connectivity index (χ3n) is 5.61. The monoisotopic (exact) mass is 371 g/mol. The zero-order valence-corrected chi connectivity index (χ0v) is 15.7. The molecule has 0 bridgehead atoms. The lowest BCUT2D eigenvalue weighted by Gasteiger charge is -2.36. The third-order valence-corrected chi connectivity index (χ3v) is 5.61. The van der Waals surface area contributed by atoms with Crippen LogP contribution in [0.2, 0.25) is 0 Å². The van der Waals surface area contributed by atoms with Crippen molar-refractivity contribution in [2.45, 2.75) is 32.6 Å². The van der Waals surface area contributed by atoms with Crippen LogP contribution in [0.5, 0.6) is 0 Å². The van der Waals surface area contributed by atoms with Crippen LogP contribution in [0, 0.1) is 0 Å². The molecule has 0 aromatic heterocycles. The van der Waals surface area contributed by atoms with Gasteiger partial charge in [0.1, 0.15) is 0 Å². The number of piperazine rings is 1. The van der Waals surface area contributed by atoms with Crippen LogP contribution in [-0.4, -0.2) is 67.0 Å². The Morgan fingerprint density at radius 2 is 1.63 bits per heavy atom. The topological polar surface area (TPSA) is 70.2 Å². The molecule has 3 heterocycles. The number of anilines is 1. The Morgan fingerprint density at radius 3 is 2.33 bits per heavy atom. The van der Waals surface area contributed by atoms with Crippen molar-refractivity contribution in [3.8, 4) is 0 Å². The highest BCUT2D eigenvalue weighted by Gasteiger charge is 2.31. The molecule has 144 valence electrons. The summed E-state index contributed by atoms with van der Waals surface area (Å²) in [6.45, 7) is 4.92. The van der Waals surface area contributed by atoms with E-state index in [9.17, 15) is 14.4 Å². The van der Waals surface area contributed by atoms with Crippen molar-refractivity contribution in [3.63, 3.8) is 0 Å². The molecule has 3 amide bonds. The molecule has 0 unspecified atom stereocenters. The molecule has 3 aliphatic rings. The second-order valence-corrected chi connectivity index (χ2v) is 7.27. The van der Waals surface area contributed by atoms with Crippen molar-refractivity contribution in [2.24, 2.45) is 0 Å².